The number of aliphatic imine (C=N–C) groups is 1. The number of likely N-dealkylation sites (tertiary alicyclic amines) is 1. The van der Waals surface area contributed by atoms with Crippen molar-refractivity contribution in [1.82, 2.24) is 15.5 Å². The van der Waals surface area contributed by atoms with E-state index in [0.717, 1.165) is 38.6 Å². The number of nitrogens with one attached hydrogen (secondary N) is 2. The number of halogens is 1. The van der Waals surface area contributed by atoms with Gasteiger partial charge in [-0.2, -0.15) is 0 Å². The van der Waals surface area contributed by atoms with Crippen LogP contribution >= 0.6 is 24.0 Å². The molecule has 1 saturated carbocycles. The average Bonchev–Trinajstić information content (AvgIpc) is 3.34. The number of benzene rings is 1. The number of rotatable bonds is 7. The summed E-state index contributed by atoms with van der Waals surface area (Å²) in [4.78, 5) is 18.9. The Morgan fingerprint density at radius 3 is 2.72 bits per heavy atom. The number of hydrogen-bond acceptors (Lipinski definition) is 2. The molecule has 138 valence electrons. The summed E-state index contributed by atoms with van der Waals surface area (Å²) in [6.45, 7) is 5.30. The Bertz CT molecular complexity index is 574. The summed E-state index contributed by atoms with van der Waals surface area (Å²) in [5.41, 5.74) is 1.29. The van der Waals surface area contributed by atoms with Crippen molar-refractivity contribution in [3.05, 3.63) is 35.9 Å². The van der Waals surface area contributed by atoms with Crippen molar-refractivity contribution in [3.63, 3.8) is 0 Å². The van der Waals surface area contributed by atoms with Crippen LogP contribution in [0.3, 0.4) is 0 Å². The maximum absolute atomic E-state index is 12.2. The summed E-state index contributed by atoms with van der Waals surface area (Å²) in [5, 5.41) is 6.71. The van der Waals surface area contributed by atoms with Crippen molar-refractivity contribution >= 4 is 35.8 Å². The van der Waals surface area contributed by atoms with Gasteiger partial charge in [-0.05, 0) is 31.7 Å². The molecule has 2 fully saturated rings. The van der Waals surface area contributed by atoms with Gasteiger partial charge in [0.1, 0.15) is 0 Å². The van der Waals surface area contributed by atoms with E-state index in [-0.39, 0.29) is 29.9 Å². The zero-order valence-corrected chi connectivity index (χ0v) is 17.2. The minimum absolute atomic E-state index is 0. The summed E-state index contributed by atoms with van der Waals surface area (Å²) < 4.78 is 0. The monoisotopic (exact) mass is 456 g/mol. The minimum Gasteiger partial charge on any atom is -0.357 e. The molecule has 0 aromatic heterocycles. The minimum atomic E-state index is 0. The van der Waals surface area contributed by atoms with Crippen molar-refractivity contribution in [3.8, 4) is 0 Å². The van der Waals surface area contributed by atoms with E-state index < -0.39 is 0 Å². The van der Waals surface area contributed by atoms with E-state index in [2.05, 4.69) is 34.7 Å². The first-order valence-corrected chi connectivity index (χ1v) is 9.11. The zero-order chi connectivity index (χ0) is 16.8. The van der Waals surface area contributed by atoms with Crippen LogP contribution in [0.1, 0.15) is 31.7 Å². The maximum Gasteiger partial charge on any atom is 0.223 e. The summed E-state index contributed by atoms with van der Waals surface area (Å²) in [5.74, 6) is 1.50. The lowest BCUT2D eigenvalue weighted by Gasteiger charge is -2.16. The van der Waals surface area contributed by atoms with Gasteiger partial charge in [0.15, 0.2) is 5.96 Å². The second kappa shape index (κ2) is 9.99. The summed E-state index contributed by atoms with van der Waals surface area (Å²) >= 11 is 0. The van der Waals surface area contributed by atoms with Gasteiger partial charge in [0.05, 0.1) is 0 Å². The van der Waals surface area contributed by atoms with Crippen molar-refractivity contribution in [1.29, 1.82) is 0 Å². The fourth-order valence-corrected chi connectivity index (χ4v) is 3.06. The largest absolute Gasteiger partial charge is 0.357 e. The average molecular weight is 456 g/mol. The molecule has 1 saturated heterocycles. The Labute approximate surface area is 167 Å². The molecule has 3 rings (SSSR count). The molecule has 1 aromatic carbocycles. The van der Waals surface area contributed by atoms with Crippen molar-refractivity contribution < 1.29 is 4.79 Å². The van der Waals surface area contributed by atoms with Crippen molar-refractivity contribution in [2.75, 3.05) is 26.2 Å². The lowest BCUT2D eigenvalue weighted by atomic mass is 10.1. The Balaban J connectivity index is 0.00000225. The predicted octanol–water partition coefficient (Wildman–Crippen LogP) is 2.41. The second-order valence-electron chi connectivity index (χ2n) is 6.78. The highest BCUT2D eigenvalue weighted by atomic mass is 127. The number of carbonyl (C=O) groups excluding carboxylic acids is 1. The van der Waals surface area contributed by atoms with Crippen LogP contribution in [-0.4, -0.2) is 49.0 Å². The normalized spacial score (nSPS) is 20.4. The lowest BCUT2D eigenvalue weighted by Crippen LogP contribution is -2.39. The molecular formula is C19H29IN4O. The van der Waals surface area contributed by atoms with E-state index in [0.29, 0.717) is 18.4 Å². The van der Waals surface area contributed by atoms with Crippen molar-refractivity contribution in [2.45, 2.75) is 38.6 Å². The molecule has 0 bridgehead atoms. The number of hydrogen-bond donors (Lipinski definition) is 2. The summed E-state index contributed by atoms with van der Waals surface area (Å²) in [6.07, 6.45) is 4.02. The van der Waals surface area contributed by atoms with Crippen LogP contribution in [-0.2, 0) is 11.2 Å². The van der Waals surface area contributed by atoms with Crippen LogP contribution in [0.5, 0.6) is 0 Å². The Morgan fingerprint density at radius 1 is 1.28 bits per heavy atom. The fraction of sp³-hybridized carbons (Fsp3) is 0.579. The van der Waals surface area contributed by atoms with Gasteiger partial charge in [-0.1, -0.05) is 30.3 Å². The van der Waals surface area contributed by atoms with E-state index in [1.54, 1.807) is 0 Å². The van der Waals surface area contributed by atoms with E-state index >= 15 is 0 Å². The van der Waals surface area contributed by atoms with Gasteiger partial charge in [-0.15, -0.1) is 24.0 Å². The topological polar surface area (TPSA) is 56.7 Å². The third-order valence-electron chi connectivity index (χ3n) is 4.58. The van der Waals surface area contributed by atoms with E-state index in [1.165, 1.54) is 18.4 Å². The molecule has 1 aromatic rings. The van der Waals surface area contributed by atoms with Gasteiger partial charge < -0.3 is 15.5 Å². The molecule has 1 aliphatic heterocycles. The first kappa shape index (κ1) is 20.0. The first-order chi connectivity index (χ1) is 11.7. The smallest absolute Gasteiger partial charge is 0.223 e. The number of nitrogens with zero attached hydrogens (tertiary/aromatic N) is 2. The Hall–Kier alpha value is -1.31. The van der Waals surface area contributed by atoms with Crippen LogP contribution in [0, 0.1) is 5.92 Å². The maximum atomic E-state index is 12.2. The molecule has 1 amide bonds. The SMILES string of the molecule is CCNC(=NCC1CC(=O)N(CCc2ccccc2)C1)NC1CC1.I. The zero-order valence-electron chi connectivity index (χ0n) is 14.9. The molecule has 5 nitrogen and oxygen atoms in total. The molecule has 2 aliphatic rings. The number of amides is 1. The third-order valence-corrected chi connectivity index (χ3v) is 4.58. The molecule has 0 spiro atoms. The van der Waals surface area contributed by atoms with Crippen LogP contribution in [0.15, 0.2) is 35.3 Å². The molecule has 1 aliphatic carbocycles. The van der Waals surface area contributed by atoms with Gasteiger partial charge in [0.2, 0.25) is 5.91 Å². The molecule has 25 heavy (non-hydrogen) atoms. The Morgan fingerprint density at radius 2 is 2.04 bits per heavy atom. The molecule has 1 unspecified atom stereocenters. The van der Waals surface area contributed by atoms with Gasteiger partial charge in [0.25, 0.3) is 0 Å². The highest BCUT2D eigenvalue weighted by Gasteiger charge is 2.29. The first-order valence-electron chi connectivity index (χ1n) is 9.11. The molecule has 6 heteroatoms. The fourth-order valence-electron chi connectivity index (χ4n) is 3.06. The predicted molar refractivity (Wildman–Crippen MR) is 112 cm³/mol. The van der Waals surface area contributed by atoms with Gasteiger partial charge in [-0.3, -0.25) is 9.79 Å². The van der Waals surface area contributed by atoms with Crippen molar-refractivity contribution in [2.24, 2.45) is 10.9 Å². The second-order valence-corrected chi connectivity index (χ2v) is 6.78. The Kier molecular flexibility index (Phi) is 7.99. The summed E-state index contributed by atoms with van der Waals surface area (Å²) in [6, 6.07) is 11.0. The highest BCUT2D eigenvalue weighted by Crippen LogP contribution is 2.20. The lowest BCUT2D eigenvalue weighted by molar-refractivity contribution is -0.127. The quantitative estimate of drug-likeness (QED) is 0.377. The van der Waals surface area contributed by atoms with Gasteiger partial charge in [0, 0.05) is 44.6 Å². The number of carbonyl (C=O) groups is 1. The van der Waals surface area contributed by atoms with Gasteiger partial charge in [-0.25, -0.2) is 0 Å². The highest BCUT2D eigenvalue weighted by molar-refractivity contribution is 14.0. The molecule has 1 atom stereocenters. The van der Waals surface area contributed by atoms with E-state index in [9.17, 15) is 4.79 Å². The van der Waals surface area contributed by atoms with E-state index in [4.69, 9.17) is 0 Å². The molecule has 1 heterocycles. The molecule has 2 N–H and O–H groups in total. The van der Waals surface area contributed by atoms with Crippen LogP contribution in [0.25, 0.3) is 0 Å². The molecular weight excluding hydrogens is 427 g/mol. The summed E-state index contributed by atoms with van der Waals surface area (Å²) in [7, 11) is 0. The van der Waals surface area contributed by atoms with Crippen LogP contribution < -0.4 is 10.6 Å². The standard InChI is InChI=1S/C19H28N4O.HI/c1-2-20-19(22-17-8-9-17)21-13-16-12-18(24)23(14-16)11-10-15-6-4-3-5-7-15;/h3-7,16-17H,2,8-14H2,1H3,(H2,20,21,22);1H. The van der Waals surface area contributed by atoms with E-state index in [1.807, 2.05) is 23.1 Å². The van der Waals surface area contributed by atoms with Crippen LogP contribution in [0.4, 0.5) is 0 Å². The molecule has 0 radical (unpaired) electrons. The van der Waals surface area contributed by atoms with Crippen LogP contribution in [0.2, 0.25) is 0 Å². The third kappa shape index (κ3) is 6.49. The number of guanidine groups is 1. The van der Waals surface area contributed by atoms with Gasteiger partial charge >= 0.3 is 0 Å².